The zero-order chi connectivity index (χ0) is 12.4. The fraction of sp³-hybridized carbons (Fsp3) is 0.182. The van der Waals surface area contributed by atoms with Crippen molar-refractivity contribution in [2.45, 2.75) is 13.3 Å². The van der Waals surface area contributed by atoms with Crippen LogP contribution in [0.1, 0.15) is 12.0 Å². The number of thiocarbonyl (C=S) groups is 1. The number of fused-ring (bicyclic) bond motifs is 1. The average Bonchev–Trinajstić information content (AvgIpc) is 2.57. The van der Waals surface area contributed by atoms with Gasteiger partial charge in [-0.1, -0.05) is 29.6 Å². The fourth-order valence-electron chi connectivity index (χ4n) is 1.41. The number of anilines is 1. The molecule has 0 radical (unpaired) electrons. The number of aryl methyl sites for hydroxylation is 1. The molecule has 0 saturated heterocycles. The van der Waals surface area contributed by atoms with Gasteiger partial charge in [0.15, 0.2) is 5.13 Å². The Kier molecular flexibility index (Phi) is 3.35. The van der Waals surface area contributed by atoms with Crippen molar-refractivity contribution in [1.82, 2.24) is 4.98 Å². The molecule has 1 heterocycles. The van der Waals surface area contributed by atoms with Gasteiger partial charge >= 0.3 is 0 Å². The Morgan fingerprint density at radius 2 is 2.35 bits per heavy atom. The first-order valence-corrected chi connectivity index (χ1v) is 6.22. The van der Waals surface area contributed by atoms with E-state index in [2.05, 4.69) is 22.5 Å². The van der Waals surface area contributed by atoms with E-state index in [9.17, 15) is 4.79 Å². The lowest BCUT2D eigenvalue weighted by Crippen LogP contribution is -2.19. The predicted molar refractivity (Wildman–Crippen MR) is 74.4 cm³/mol. The Morgan fingerprint density at radius 1 is 1.59 bits per heavy atom. The molecule has 0 spiro atoms. The average molecular weight is 265 g/mol. The SMILES string of the molecule is Cc1ccc2nc(NC(=O)CC(N)=S)sc2c1. The van der Waals surface area contributed by atoms with E-state index < -0.39 is 0 Å². The highest BCUT2D eigenvalue weighted by atomic mass is 32.1. The zero-order valence-corrected chi connectivity index (χ0v) is 10.8. The summed E-state index contributed by atoms with van der Waals surface area (Å²) in [6.07, 6.45) is 0.0459. The summed E-state index contributed by atoms with van der Waals surface area (Å²) in [5, 5.41) is 3.26. The van der Waals surface area contributed by atoms with Crippen LogP contribution in [0.5, 0.6) is 0 Å². The summed E-state index contributed by atoms with van der Waals surface area (Å²) in [4.78, 5) is 15.9. The molecule has 2 aromatic rings. The van der Waals surface area contributed by atoms with Crippen LogP contribution < -0.4 is 11.1 Å². The summed E-state index contributed by atoms with van der Waals surface area (Å²) in [7, 11) is 0. The quantitative estimate of drug-likeness (QED) is 0.835. The Morgan fingerprint density at radius 3 is 3.06 bits per heavy atom. The minimum atomic E-state index is -0.228. The smallest absolute Gasteiger partial charge is 0.232 e. The van der Waals surface area contributed by atoms with E-state index in [4.69, 9.17) is 5.73 Å². The molecule has 0 aliphatic heterocycles. The van der Waals surface area contributed by atoms with Gasteiger partial charge in [0, 0.05) is 0 Å². The van der Waals surface area contributed by atoms with E-state index in [-0.39, 0.29) is 17.3 Å². The third-order valence-electron chi connectivity index (χ3n) is 2.13. The molecule has 6 heteroatoms. The molecule has 0 bridgehead atoms. The second kappa shape index (κ2) is 4.77. The van der Waals surface area contributed by atoms with Gasteiger partial charge in [-0.3, -0.25) is 4.79 Å². The number of amides is 1. The van der Waals surface area contributed by atoms with Gasteiger partial charge in [-0.2, -0.15) is 0 Å². The molecule has 0 saturated carbocycles. The first kappa shape index (κ1) is 11.9. The summed E-state index contributed by atoms with van der Waals surface area (Å²) in [6, 6.07) is 5.96. The minimum Gasteiger partial charge on any atom is -0.393 e. The Bertz CT molecular complexity index is 591. The van der Waals surface area contributed by atoms with Crippen LogP contribution in [0.4, 0.5) is 5.13 Å². The van der Waals surface area contributed by atoms with Crippen molar-refractivity contribution in [2.24, 2.45) is 5.73 Å². The summed E-state index contributed by atoms with van der Waals surface area (Å²) in [5.41, 5.74) is 7.35. The number of nitrogens with one attached hydrogen (secondary N) is 1. The molecule has 4 nitrogen and oxygen atoms in total. The lowest BCUT2D eigenvalue weighted by Gasteiger charge is -1.98. The number of hydrogen-bond donors (Lipinski definition) is 2. The van der Waals surface area contributed by atoms with Gasteiger partial charge in [-0.15, -0.1) is 0 Å². The molecule has 1 amide bonds. The number of benzene rings is 1. The Balaban J connectivity index is 2.19. The van der Waals surface area contributed by atoms with Gasteiger partial charge in [-0.05, 0) is 24.6 Å². The van der Waals surface area contributed by atoms with Crippen LogP contribution in [-0.4, -0.2) is 15.9 Å². The maximum absolute atomic E-state index is 11.5. The molecule has 1 aromatic heterocycles. The van der Waals surface area contributed by atoms with Gasteiger partial charge in [0.1, 0.15) is 0 Å². The van der Waals surface area contributed by atoms with Crippen LogP contribution in [-0.2, 0) is 4.79 Å². The highest BCUT2D eigenvalue weighted by Crippen LogP contribution is 2.26. The lowest BCUT2D eigenvalue weighted by atomic mass is 10.2. The summed E-state index contributed by atoms with van der Waals surface area (Å²) < 4.78 is 1.05. The highest BCUT2D eigenvalue weighted by Gasteiger charge is 2.08. The van der Waals surface area contributed by atoms with E-state index in [1.807, 2.05) is 25.1 Å². The molecule has 88 valence electrons. The molecule has 17 heavy (non-hydrogen) atoms. The van der Waals surface area contributed by atoms with E-state index in [1.165, 1.54) is 16.9 Å². The van der Waals surface area contributed by atoms with Crippen LogP contribution in [0.2, 0.25) is 0 Å². The number of carbonyl (C=O) groups excluding carboxylic acids is 1. The second-order valence-electron chi connectivity index (χ2n) is 3.68. The van der Waals surface area contributed by atoms with Crippen LogP contribution in [0.3, 0.4) is 0 Å². The highest BCUT2D eigenvalue weighted by molar-refractivity contribution is 7.80. The van der Waals surface area contributed by atoms with Gasteiger partial charge in [0.05, 0.1) is 21.6 Å². The molecule has 3 N–H and O–H groups in total. The van der Waals surface area contributed by atoms with Gasteiger partial charge in [-0.25, -0.2) is 4.98 Å². The number of rotatable bonds is 3. The van der Waals surface area contributed by atoms with E-state index in [1.54, 1.807) is 0 Å². The van der Waals surface area contributed by atoms with Crippen molar-refractivity contribution in [3.05, 3.63) is 23.8 Å². The molecule has 1 aromatic carbocycles. The number of carbonyl (C=O) groups is 1. The van der Waals surface area contributed by atoms with Gasteiger partial charge < -0.3 is 11.1 Å². The number of nitrogens with two attached hydrogens (primary N) is 1. The molecule has 2 rings (SSSR count). The fourth-order valence-corrected chi connectivity index (χ4v) is 2.52. The maximum Gasteiger partial charge on any atom is 0.232 e. The molecular weight excluding hydrogens is 254 g/mol. The molecule has 0 fully saturated rings. The molecule has 0 atom stereocenters. The zero-order valence-electron chi connectivity index (χ0n) is 9.19. The third kappa shape index (κ3) is 2.98. The van der Waals surface area contributed by atoms with Crippen LogP contribution >= 0.6 is 23.6 Å². The van der Waals surface area contributed by atoms with Crippen molar-refractivity contribution in [3.63, 3.8) is 0 Å². The van der Waals surface area contributed by atoms with Crippen LogP contribution in [0, 0.1) is 6.92 Å². The number of thiazole rings is 1. The van der Waals surface area contributed by atoms with Gasteiger partial charge in [0.2, 0.25) is 5.91 Å². The normalized spacial score (nSPS) is 10.4. The maximum atomic E-state index is 11.5. The predicted octanol–water partition coefficient (Wildman–Crippen LogP) is 2.22. The Hall–Kier alpha value is -1.53. The molecule has 0 aliphatic rings. The van der Waals surface area contributed by atoms with Crippen molar-refractivity contribution < 1.29 is 4.79 Å². The van der Waals surface area contributed by atoms with Crippen molar-refractivity contribution >= 4 is 49.8 Å². The standard InChI is InChI=1S/C11H11N3OS2/c1-6-2-3-7-8(4-6)17-11(13-7)14-10(15)5-9(12)16/h2-4H,5H2,1H3,(H2,12,16)(H,13,14,15). The first-order valence-electron chi connectivity index (χ1n) is 5.00. The summed E-state index contributed by atoms with van der Waals surface area (Å²) in [5.74, 6) is -0.228. The van der Waals surface area contributed by atoms with Crippen molar-refractivity contribution in [3.8, 4) is 0 Å². The summed E-state index contributed by atoms with van der Waals surface area (Å²) >= 11 is 6.11. The molecular formula is C11H11N3OS2. The first-order chi connectivity index (χ1) is 8.04. The van der Waals surface area contributed by atoms with E-state index >= 15 is 0 Å². The van der Waals surface area contributed by atoms with Crippen molar-refractivity contribution in [1.29, 1.82) is 0 Å². The lowest BCUT2D eigenvalue weighted by molar-refractivity contribution is -0.115. The van der Waals surface area contributed by atoms with E-state index in [0.29, 0.717) is 5.13 Å². The number of nitrogens with zero attached hydrogens (tertiary/aromatic N) is 1. The monoisotopic (exact) mass is 265 g/mol. The van der Waals surface area contributed by atoms with E-state index in [0.717, 1.165) is 10.2 Å². The number of hydrogen-bond acceptors (Lipinski definition) is 4. The van der Waals surface area contributed by atoms with Crippen LogP contribution in [0.15, 0.2) is 18.2 Å². The number of aromatic nitrogens is 1. The van der Waals surface area contributed by atoms with Crippen LogP contribution in [0.25, 0.3) is 10.2 Å². The molecule has 0 aliphatic carbocycles. The van der Waals surface area contributed by atoms with Crippen molar-refractivity contribution in [2.75, 3.05) is 5.32 Å². The largest absolute Gasteiger partial charge is 0.393 e. The third-order valence-corrected chi connectivity index (χ3v) is 3.20. The van der Waals surface area contributed by atoms with Gasteiger partial charge in [0.25, 0.3) is 0 Å². The molecule has 0 unspecified atom stereocenters. The topological polar surface area (TPSA) is 68.0 Å². The second-order valence-corrected chi connectivity index (χ2v) is 5.24. The Labute approximate surface area is 108 Å². The summed E-state index contributed by atoms with van der Waals surface area (Å²) in [6.45, 7) is 2.02. The minimum absolute atomic E-state index is 0.0459.